The number of aliphatic hydroxyl groups excluding tert-OH is 1. The molecule has 0 radical (unpaired) electrons. The van der Waals surface area contributed by atoms with E-state index in [-0.39, 0.29) is 40.8 Å². The van der Waals surface area contributed by atoms with Crippen LogP contribution in [0.3, 0.4) is 0 Å². The highest BCUT2D eigenvalue weighted by atomic mass is 32.2. The van der Waals surface area contributed by atoms with Crippen LogP contribution < -0.4 is 5.32 Å². The van der Waals surface area contributed by atoms with Crippen molar-refractivity contribution in [1.29, 1.82) is 0 Å². The summed E-state index contributed by atoms with van der Waals surface area (Å²) >= 11 is 1.46. The number of thioether (sulfide) groups is 1. The van der Waals surface area contributed by atoms with E-state index >= 15 is 0 Å². The molecule has 4 aliphatic rings. The molecule has 1 aromatic heterocycles. The molecule has 0 aliphatic carbocycles. The number of carboxylic acid groups (broad SMARTS) is 1. The van der Waals surface area contributed by atoms with E-state index < -0.39 is 18.0 Å². The number of carbonyl (C=O) groups is 3. The summed E-state index contributed by atoms with van der Waals surface area (Å²) in [6.07, 6.45) is 1.60. The molecule has 178 valence electrons. The van der Waals surface area contributed by atoms with Crippen molar-refractivity contribution in [2.24, 2.45) is 11.8 Å². The molecule has 33 heavy (non-hydrogen) atoms. The summed E-state index contributed by atoms with van der Waals surface area (Å²) < 4.78 is 2.14. The van der Waals surface area contributed by atoms with Crippen LogP contribution >= 0.6 is 11.8 Å². The molecule has 2 amide bonds. The molecule has 5 rings (SSSR count). The number of rotatable bonds is 5. The molecule has 6 atom stereocenters. The van der Waals surface area contributed by atoms with Gasteiger partial charge in [-0.3, -0.25) is 9.59 Å². The van der Waals surface area contributed by atoms with E-state index in [1.54, 1.807) is 6.92 Å². The third kappa shape index (κ3) is 3.48. The lowest BCUT2D eigenvalue weighted by molar-refractivity contribution is -0.163. The average molecular weight is 476 g/mol. The van der Waals surface area contributed by atoms with Crippen LogP contribution in [0.4, 0.5) is 0 Å². The van der Waals surface area contributed by atoms with Gasteiger partial charge < -0.3 is 29.9 Å². The number of aromatic nitrogens is 2. The van der Waals surface area contributed by atoms with Gasteiger partial charge in [-0.25, -0.2) is 9.78 Å². The Morgan fingerprint density at radius 3 is 2.79 bits per heavy atom. The van der Waals surface area contributed by atoms with E-state index in [0.717, 1.165) is 18.1 Å². The van der Waals surface area contributed by atoms with Gasteiger partial charge in [-0.15, -0.1) is 11.8 Å². The number of aliphatic carboxylic acids is 1. The SMILES string of the molecule is Cc1ncc2n1CCN(C(=O)[C@@H]1C[C@H](SC3=C(C(=O)O)N4C(=O)[C@H]([C@@H](C)O)[C@H]4[C@H]3C)CN1)C2. The Morgan fingerprint density at radius 1 is 1.33 bits per heavy atom. The number of amides is 2. The molecule has 2 saturated heterocycles. The lowest BCUT2D eigenvalue weighted by Gasteiger charge is -2.46. The van der Waals surface area contributed by atoms with Gasteiger partial charge in [0.2, 0.25) is 11.8 Å². The highest BCUT2D eigenvalue weighted by Gasteiger charge is 2.60. The summed E-state index contributed by atoms with van der Waals surface area (Å²) in [6, 6.07) is -0.632. The van der Waals surface area contributed by atoms with E-state index in [0.29, 0.717) is 31.0 Å². The first-order valence-corrected chi connectivity index (χ1v) is 12.3. The Bertz CT molecular complexity index is 1050. The van der Waals surface area contributed by atoms with Crippen LogP contribution in [-0.2, 0) is 27.5 Å². The largest absolute Gasteiger partial charge is 0.477 e. The van der Waals surface area contributed by atoms with Crippen LogP contribution in [0.25, 0.3) is 0 Å². The Morgan fingerprint density at radius 2 is 2.09 bits per heavy atom. The summed E-state index contributed by atoms with van der Waals surface area (Å²) in [6.45, 7) is 7.97. The predicted octanol–water partition coefficient (Wildman–Crippen LogP) is 0.151. The zero-order valence-corrected chi connectivity index (χ0v) is 19.7. The average Bonchev–Trinajstić information content (AvgIpc) is 3.44. The smallest absolute Gasteiger partial charge is 0.353 e. The number of carbonyl (C=O) groups excluding carboxylic acids is 2. The number of aliphatic hydroxyl groups is 1. The fourth-order valence-electron chi connectivity index (χ4n) is 5.69. The summed E-state index contributed by atoms with van der Waals surface area (Å²) in [5.74, 6) is -1.17. The second-order valence-corrected chi connectivity index (χ2v) is 10.8. The standard InChI is InChI=1S/C22H29N5O5S/c1-10-17-16(11(2)28)21(30)27(17)18(22(31)32)19(10)33-14-6-15(24-8-14)20(29)25-4-5-26-12(3)23-7-13(26)9-25/h7,10-11,14-17,24,28H,4-6,8-9H2,1-3H3,(H,31,32)/t10-,11-,14+,15+,16-,17-/m1/s1. The van der Waals surface area contributed by atoms with Gasteiger partial charge in [0.15, 0.2) is 0 Å². The van der Waals surface area contributed by atoms with Crippen molar-refractivity contribution in [1.82, 2.24) is 24.7 Å². The Balaban J connectivity index is 1.26. The fraction of sp³-hybridized carbons (Fsp3) is 0.636. The topological polar surface area (TPSA) is 128 Å². The minimum atomic E-state index is -1.12. The van der Waals surface area contributed by atoms with Crippen LogP contribution in [0.1, 0.15) is 31.8 Å². The zero-order chi connectivity index (χ0) is 23.6. The molecule has 2 fully saturated rings. The van der Waals surface area contributed by atoms with Crippen molar-refractivity contribution in [3.8, 4) is 0 Å². The van der Waals surface area contributed by atoms with Crippen molar-refractivity contribution >= 4 is 29.5 Å². The van der Waals surface area contributed by atoms with Gasteiger partial charge in [0, 0.05) is 35.7 Å². The van der Waals surface area contributed by atoms with Crippen LogP contribution in [0.15, 0.2) is 16.8 Å². The minimum Gasteiger partial charge on any atom is -0.477 e. The number of fused-ring (bicyclic) bond motifs is 2. The number of β-lactam (4-membered cyclic amide) rings is 1. The van der Waals surface area contributed by atoms with Gasteiger partial charge >= 0.3 is 5.97 Å². The Hall–Kier alpha value is -2.37. The third-order valence-electron chi connectivity index (χ3n) is 7.39. The molecule has 0 unspecified atom stereocenters. The second-order valence-electron chi connectivity index (χ2n) is 9.42. The number of imidazole rings is 1. The van der Waals surface area contributed by atoms with Gasteiger partial charge in [-0.1, -0.05) is 6.92 Å². The van der Waals surface area contributed by atoms with Crippen LogP contribution in [0.2, 0.25) is 0 Å². The van der Waals surface area contributed by atoms with E-state index in [1.165, 1.54) is 16.7 Å². The van der Waals surface area contributed by atoms with Crippen molar-refractivity contribution in [2.75, 3.05) is 13.1 Å². The van der Waals surface area contributed by atoms with Crippen molar-refractivity contribution in [2.45, 2.75) is 63.7 Å². The molecule has 0 bridgehead atoms. The van der Waals surface area contributed by atoms with Gasteiger partial charge in [0.1, 0.15) is 11.5 Å². The quantitative estimate of drug-likeness (QED) is 0.514. The molecule has 1 aromatic rings. The number of nitrogens with zero attached hydrogens (tertiary/aromatic N) is 4. The maximum Gasteiger partial charge on any atom is 0.353 e. The molecule has 11 heteroatoms. The number of carboxylic acids is 1. The van der Waals surface area contributed by atoms with E-state index in [9.17, 15) is 24.6 Å². The van der Waals surface area contributed by atoms with Gasteiger partial charge in [0.05, 0.1) is 42.5 Å². The highest BCUT2D eigenvalue weighted by Crippen LogP contribution is 2.51. The lowest BCUT2D eigenvalue weighted by atomic mass is 9.79. The zero-order valence-electron chi connectivity index (χ0n) is 18.9. The minimum absolute atomic E-state index is 0.0297. The maximum atomic E-state index is 13.1. The van der Waals surface area contributed by atoms with E-state index in [2.05, 4.69) is 14.9 Å². The molecular weight excluding hydrogens is 446 g/mol. The number of nitrogens with one attached hydrogen (secondary N) is 1. The Labute approximate surface area is 196 Å². The van der Waals surface area contributed by atoms with Crippen LogP contribution in [-0.4, -0.2) is 83.9 Å². The van der Waals surface area contributed by atoms with Crippen molar-refractivity contribution in [3.05, 3.63) is 28.3 Å². The Kier molecular flexibility index (Phi) is 5.53. The van der Waals surface area contributed by atoms with E-state index in [4.69, 9.17) is 0 Å². The normalized spacial score (nSPS) is 32.0. The molecule has 10 nitrogen and oxygen atoms in total. The van der Waals surface area contributed by atoms with Gasteiger partial charge in [-0.2, -0.15) is 0 Å². The van der Waals surface area contributed by atoms with Crippen molar-refractivity contribution in [3.63, 3.8) is 0 Å². The molecular formula is C22H29N5O5S. The maximum absolute atomic E-state index is 13.1. The monoisotopic (exact) mass is 475 g/mol. The first-order chi connectivity index (χ1) is 15.7. The second kappa shape index (κ2) is 8.14. The van der Waals surface area contributed by atoms with Crippen LogP contribution in [0.5, 0.6) is 0 Å². The molecule has 0 spiro atoms. The highest BCUT2D eigenvalue weighted by molar-refractivity contribution is 8.03. The molecule has 0 aromatic carbocycles. The first-order valence-electron chi connectivity index (χ1n) is 11.4. The molecule has 0 saturated carbocycles. The number of hydrogen-bond acceptors (Lipinski definition) is 7. The molecule has 5 heterocycles. The summed E-state index contributed by atoms with van der Waals surface area (Å²) in [4.78, 5) is 45.9. The number of aryl methyl sites for hydroxylation is 1. The molecule has 3 N–H and O–H groups in total. The first kappa shape index (κ1) is 22.4. The van der Waals surface area contributed by atoms with Gasteiger partial charge in [0.25, 0.3) is 0 Å². The predicted molar refractivity (Wildman–Crippen MR) is 120 cm³/mol. The summed E-state index contributed by atoms with van der Waals surface area (Å²) in [5.41, 5.74) is 1.07. The lowest BCUT2D eigenvalue weighted by Crippen LogP contribution is -2.63. The van der Waals surface area contributed by atoms with E-state index in [1.807, 2.05) is 24.9 Å². The van der Waals surface area contributed by atoms with Crippen LogP contribution in [0, 0.1) is 18.8 Å². The van der Waals surface area contributed by atoms with Gasteiger partial charge in [-0.05, 0) is 20.3 Å². The van der Waals surface area contributed by atoms with Crippen molar-refractivity contribution < 1.29 is 24.6 Å². The third-order valence-corrected chi connectivity index (χ3v) is 8.90. The number of hydrogen-bond donors (Lipinski definition) is 3. The summed E-state index contributed by atoms with van der Waals surface area (Å²) in [5, 5.41) is 23.2. The molecule has 4 aliphatic heterocycles. The summed E-state index contributed by atoms with van der Waals surface area (Å²) in [7, 11) is 0. The fourth-order valence-corrected chi connectivity index (χ4v) is 7.17.